The van der Waals surface area contributed by atoms with E-state index in [1.54, 1.807) is 6.20 Å². The predicted octanol–water partition coefficient (Wildman–Crippen LogP) is 3.40. The van der Waals surface area contributed by atoms with Crippen molar-refractivity contribution in [3.8, 4) is 10.7 Å². The van der Waals surface area contributed by atoms with Crippen molar-refractivity contribution in [2.75, 3.05) is 5.73 Å². The van der Waals surface area contributed by atoms with Crippen LogP contribution in [0.15, 0.2) is 46.5 Å². The molecular formula is C13H11BrN4S. The summed E-state index contributed by atoms with van der Waals surface area (Å²) in [5, 5.41) is 7.27. The Morgan fingerprint density at radius 1 is 1.26 bits per heavy atom. The zero-order valence-corrected chi connectivity index (χ0v) is 12.4. The third-order valence-electron chi connectivity index (χ3n) is 2.68. The molecule has 19 heavy (non-hydrogen) atoms. The average Bonchev–Trinajstić information content (AvgIpc) is 3.01. The Bertz CT molecular complexity index is 673. The maximum atomic E-state index is 5.99. The molecule has 4 nitrogen and oxygen atoms in total. The van der Waals surface area contributed by atoms with Crippen LogP contribution in [-0.4, -0.2) is 14.8 Å². The van der Waals surface area contributed by atoms with E-state index in [4.69, 9.17) is 5.73 Å². The van der Waals surface area contributed by atoms with Crippen molar-refractivity contribution in [1.82, 2.24) is 14.8 Å². The van der Waals surface area contributed by atoms with Gasteiger partial charge in [-0.1, -0.05) is 28.1 Å². The molecule has 3 rings (SSSR count). The van der Waals surface area contributed by atoms with Gasteiger partial charge in [0.05, 0.1) is 12.2 Å². The molecule has 0 saturated carbocycles. The van der Waals surface area contributed by atoms with Gasteiger partial charge in [-0.15, -0.1) is 11.3 Å². The van der Waals surface area contributed by atoms with Gasteiger partial charge in [-0.2, -0.15) is 5.10 Å². The fourth-order valence-corrected chi connectivity index (χ4v) is 2.71. The highest BCUT2D eigenvalue weighted by Crippen LogP contribution is 2.25. The third kappa shape index (κ3) is 2.69. The van der Waals surface area contributed by atoms with Crippen LogP contribution < -0.4 is 5.73 Å². The van der Waals surface area contributed by atoms with E-state index in [9.17, 15) is 0 Å². The maximum Gasteiger partial charge on any atom is 0.145 e. The minimum Gasteiger partial charge on any atom is -0.396 e. The van der Waals surface area contributed by atoms with Crippen molar-refractivity contribution in [2.24, 2.45) is 0 Å². The lowest BCUT2D eigenvalue weighted by Crippen LogP contribution is -2.00. The fourth-order valence-electron chi connectivity index (χ4n) is 1.80. The molecule has 2 N–H and O–H groups in total. The summed E-state index contributed by atoms with van der Waals surface area (Å²) in [7, 11) is 0. The number of rotatable bonds is 3. The van der Waals surface area contributed by atoms with E-state index >= 15 is 0 Å². The van der Waals surface area contributed by atoms with E-state index in [0.29, 0.717) is 12.2 Å². The predicted molar refractivity (Wildman–Crippen MR) is 81.0 cm³/mol. The summed E-state index contributed by atoms with van der Waals surface area (Å²) in [6.07, 6.45) is 3.60. The number of nitrogens with two attached hydrogens (primary N) is 1. The Hall–Kier alpha value is -1.66. The lowest BCUT2D eigenvalue weighted by molar-refractivity contribution is 0.689. The number of benzene rings is 1. The highest BCUT2D eigenvalue weighted by molar-refractivity contribution is 9.10. The molecule has 0 amide bonds. The molecule has 0 saturated heterocycles. The van der Waals surface area contributed by atoms with Gasteiger partial charge in [0.15, 0.2) is 0 Å². The number of hydrogen-bond acceptors (Lipinski definition) is 4. The van der Waals surface area contributed by atoms with Gasteiger partial charge in [-0.3, -0.25) is 4.68 Å². The molecule has 0 bridgehead atoms. The second-order valence-corrected chi connectivity index (χ2v) is 5.90. The molecular weight excluding hydrogens is 324 g/mol. The molecule has 0 unspecified atom stereocenters. The quantitative estimate of drug-likeness (QED) is 0.798. The van der Waals surface area contributed by atoms with Gasteiger partial charge in [-0.05, 0) is 17.7 Å². The van der Waals surface area contributed by atoms with Gasteiger partial charge in [0.2, 0.25) is 0 Å². The molecule has 3 aromatic rings. The average molecular weight is 335 g/mol. The van der Waals surface area contributed by atoms with Gasteiger partial charge in [0.25, 0.3) is 0 Å². The summed E-state index contributed by atoms with van der Waals surface area (Å²) in [6.45, 7) is 0.697. The van der Waals surface area contributed by atoms with Crippen molar-refractivity contribution >= 4 is 33.0 Å². The monoisotopic (exact) mass is 334 g/mol. The van der Waals surface area contributed by atoms with Crippen molar-refractivity contribution in [3.63, 3.8) is 0 Å². The standard InChI is InChI=1S/C13H11BrN4S/c14-10-3-1-9(2-4-10)7-18-8-11(15)12(17-18)13-16-5-6-19-13/h1-6,8H,7,15H2. The first-order valence-corrected chi connectivity index (χ1v) is 7.37. The lowest BCUT2D eigenvalue weighted by Gasteiger charge is -2.01. The molecule has 0 aliphatic rings. The van der Waals surface area contributed by atoms with Crippen LogP contribution in [0.1, 0.15) is 5.56 Å². The first kappa shape index (κ1) is 12.4. The Kier molecular flexibility index (Phi) is 3.35. The van der Waals surface area contributed by atoms with Gasteiger partial charge < -0.3 is 5.73 Å². The molecule has 96 valence electrons. The molecule has 0 spiro atoms. The van der Waals surface area contributed by atoms with Crippen LogP contribution in [0.3, 0.4) is 0 Å². The van der Waals surface area contributed by atoms with Crippen molar-refractivity contribution in [3.05, 3.63) is 52.1 Å². The normalized spacial score (nSPS) is 10.8. The van der Waals surface area contributed by atoms with E-state index in [-0.39, 0.29) is 0 Å². The van der Waals surface area contributed by atoms with Crippen molar-refractivity contribution < 1.29 is 0 Å². The van der Waals surface area contributed by atoms with Crippen LogP contribution in [0, 0.1) is 0 Å². The van der Waals surface area contributed by atoms with Gasteiger partial charge >= 0.3 is 0 Å². The van der Waals surface area contributed by atoms with Crippen LogP contribution in [0.2, 0.25) is 0 Å². The highest BCUT2D eigenvalue weighted by atomic mass is 79.9. The summed E-state index contributed by atoms with van der Waals surface area (Å²) in [4.78, 5) is 4.24. The molecule has 0 aliphatic heterocycles. The summed E-state index contributed by atoms with van der Waals surface area (Å²) >= 11 is 4.96. The van der Waals surface area contributed by atoms with E-state index in [1.807, 2.05) is 28.4 Å². The largest absolute Gasteiger partial charge is 0.396 e. The van der Waals surface area contributed by atoms with E-state index in [2.05, 4.69) is 38.1 Å². The minimum atomic E-state index is 0.659. The van der Waals surface area contributed by atoms with Gasteiger partial charge in [0, 0.05) is 22.2 Å². The van der Waals surface area contributed by atoms with Crippen molar-refractivity contribution in [2.45, 2.75) is 6.54 Å². The number of nitrogens with zero attached hydrogens (tertiary/aromatic N) is 3. The fraction of sp³-hybridized carbons (Fsp3) is 0.0769. The Morgan fingerprint density at radius 3 is 2.74 bits per heavy atom. The molecule has 0 atom stereocenters. The molecule has 2 heterocycles. The number of aromatic nitrogens is 3. The smallest absolute Gasteiger partial charge is 0.145 e. The number of halogens is 1. The van der Waals surface area contributed by atoms with Crippen LogP contribution in [0.25, 0.3) is 10.7 Å². The molecule has 1 aromatic carbocycles. The molecule has 6 heteroatoms. The third-order valence-corrected chi connectivity index (χ3v) is 3.99. The van der Waals surface area contributed by atoms with E-state index < -0.39 is 0 Å². The number of nitrogen functional groups attached to an aromatic ring is 1. The number of hydrogen-bond donors (Lipinski definition) is 1. The molecule has 0 aliphatic carbocycles. The molecule has 0 radical (unpaired) electrons. The minimum absolute atomic E-state index is 0.659. The maximum absolute atomic E-state index is 5.99. The van der Waals surface area contributed by atoms with Crippen molar-refractivity contribution in [1.29, 1.82) is 0 Å². The van der Waals surface area contributed by atoms with Crippen LogP contribution >= 0.6 is 27.3 Å². The summed E-state index contributed by atoms with van der Waals surface area (Å²) in [5.74, 6) is 0. The molecule has 0 fully saturated rings. The van der Waals surface area contributed by atoms with Crippen LogP contribution in [0.4, 0.5) is 5.69 Å². The second kappa shape index (κ2) is 5.14. The van der Waals surface area contributed by atoms with Crippen LogP contribution in [-0.2, 0) is 6.54 Å². The lowest BCUT2D eigenvalue weighted by atomic mass is 10.2. The van der Waals surface area contributed by atoms with E-state index in [0.717, 1.165) is 15.2 Å². The Labute approximate surface area is 123 Å². The summed E-state index contributed by atoms with van der Waals surface area (Å²) in [6, 6.07) is 8.16. The van der Waals surface area contributed by atoms with E-state index in [1.165, 1.54) is 16.9 Å². The van der Waals surface area contributed by atoms with Gasteiger partial charge in [-0.25, -0.2) is 4.98 Å². The summed E-state index contributed by atoms with van der Waals surface area (Å²) in [5.41, 5.74) is 8.58. The zero-order valence-electron chi connectivity index (χ0n) is 9.95. The number of anilines is 1. The molecule has 2 aromatic heterocycles. The highest BCUT2D eigenvalue weighted by Gasteiger charge is 2.10. The Balaban J connectivity index is 1.87. The Morgan fingerprint density at radius 2 is 2.05 bits per heavy atom. The van der Waals surface area contributed by atoms with Gasteiger partial charge in [0.1, 0.15) is 10.7 Å². The first-order chi connectivity index (χ1) is 9.22. The van der Waals surface area contributed by atoms with Crippen LogP contribution in [0.5, 0.6) is 0 Å². The second-order valence-electron chi connectivity index (χ2n) is 4.09. The topological polar surface area (TPSA) is 56.7 Å². The SMILES string of the molecule is Nc1cn(Cc2ccc(Br)cc2)nc1-c1nccs1. The zero-order chi connectivity index (χ0) is 13.2. The number of thiazole rings is 1. The summed E-state index contributed by atoms with van der Waals surface area (Å²) < 4.78 is 2.91. The first-order valence-electron chi connectivity index (χ1n) is 5.69.